The summed E-state index contributed by atoms with van der Waals surface area (Å²) in [4.78, 5) is 2.46. The molecule has 2 atom stereocenters. The van der Waals surface area contributed by atoms with Gasteiger partial charge in [-0.2, -0.15) is 0 Å². The van der Waals surface area contributed by atoms with Crippen LogP contribution in [0.15, 0.2) is 72.8 Å². The van der Waals surface area contributed by atoms with Crippen LogP contribution in [0.25, 0.3) is 0 Å². The Bertz CT molecular complexity index is 962. The number of nitrogens with zero attached hydrogens (tertiary/aromatic N) is 1. The van der Waals surface area contributed by atoms with Crippen LogP contribution in [0.1, 0.15) is 40.5 Å². The number of hydrogen-bond acceptors (Lipinski definition) is 3. The largest absolute Gasteiger partial charge is 0.508 e. The summed E-state index contributed by atoms with van der Waals surface area (Å²) in [6.45, 7) is 4.24. The first-order valence-corrected chi connectivity index (χ1v) is 10.7. The van der Waals surface area contributed by atoms with Gasteiger partial charge in [0.15, 0.2) is 0 Å². The Morgan fingerprint density at radius 1 is 0.828 bits per heavy atom. The Hall–Kier alpha value is -2.78. The van der Waals surface area contributed by atoms with Gasteiger partial charge < -0.3 is 15.3 Å². The quantitative estimate of drug-likeness (QED) is 0.689. The van der Waals surface area contributed by atoms with Crippen molar-refractivity contribution in [3.05, 3.63) is 95.1 Å². The summed E-state index contributed by atoms with van der Waals surface area (Å²) >= 11 is 0. The summed E-state index contributed by atoms with van der Waals surface area (Å²) in [7, 11) is 0. The third kappa shape index (κ3) is 3.63. The molecule has 0 radical (unpaired) electrons. The second kappa shape index (κ2) is 7.92. The molecule has 1 aliphatic heterocycles. The molecule has 29 heavy (non-hydrogen) atoms. The van der Waals surface area contributed by atoms with Gasteiger partial charge in [0.2, 0.25) is 0 Å². The van der Waals surface area contributed by atoms with E-state index < -0.39 is 0 Å². The van der Waals surface area contributed by atoms with E-state index in [9.17, 15) is 5.11 Å². The molecule has 1 aliphatic carbocycles. The van der Waals surface area contributed by atoms with E-state index in [0.29, 0.717) is 17.6 Å². The summed E-state index contributed by atoms with van der Waals surface area (Å²) in [5, 5.41) is 13.4. The van der Waals surface area contributed by atoms with Crippen LogP contribution in [0, 0.1) is 0 Å². The molecule has 1 saturated heterocycles. The van der Waals surface area contributed by atoms with Crippen molar-refractivity contribution < 1.29 is 5.11 Å². The first kappa shape index (κ1) is 18.3. The van der Waals surface area contributed by atoms with E-state index >= 15 is 0 Å². The van der Waals surface area contributed by atoms with Crippen molar-refractivity contribution >= 4 is 5.69 Å². The molecule has 0 aromatic heterocycles. The number of phenolic OH excluding ortho intramolecular Hbond substituents is 1. The molecule has 3 heteroatoms. The van der Waals surface area contributed by atoms with E-state index in [1.807, 2.05) is 12.1 Å². The highest BCUT2D eigenvalue weighted by molar-refractivity contribution is 5.52. The van der Waals surface area contributed by atoms with Crippen molar-refractivity contribution in [3.8, 4) is 5.75 Å². The third-order valence-electron chi connectivity index (χ3n) is 6.55. The molecule has 3 aromatic rings. The molecule has 3 aromatic carbocycles. The van der Waals surface area contributed by atoms with Gasteiger partial charge in [-0.1, -0.05) is 48.5 Å². The lowest BCUT2D eigenvalue weighted by atomic mass is 9.69. The van der Waals surface area contributed by atoms with Crippen LogP contribution < -0.4 is 10.2 Å². The highest BCUT2D eigenvalue weighted by Gasteiger charge is 2.32. The van der Waals surface area contributed by atoms with Gasteiger partial charge in [-0.25, -0.2) is 0 Å². The van der Waals surface area contributed by atoms with Gasteiger partial charge in [-0.05, 0) is 65.3 Å². The molecule has 148 valence electrons. The number of fused-ring (bicyclic) bond motifs is 1. The van der Waals surface area contributed by atoms with Crippen molar-refractivity contribution in [3.63, 3.8) is 0 Å². The number of aromatic hydroxyl groups is 1. The van der Waals surface area contributed by atoms with Gasteiger partial charge in [-0.15, -0.1) is 0 Å². The standard InChI is InChI=1S/C26H28N2O/c29-23-11-13-25-21(18-23)8-12-24(19-4-2-1-3-5-19)26(25)20-6-9-22(10-7-20)28-16-14-27-15-17-28/h1-7,9-11,13,18,24,26-27,29H,8,12,14-17H2/t24-,26+/m0/s1. The summed E-state index contributed by atoms with van der Waals surface area (Å²) in [6.07, 6.45) is 2.11. The maximum atomic E-state index is 10.00. The second-order valence-corrected chi connectivity index (χ2v) is 8.25. The van der Waals surface area contributed by atoms with Crippen LogP contribution in [-0.4, -0.2) is 31.3 Å². The fourth-order valence-electron chi connectivity index (χ4n) is 5.09. The monoisotopic (exact) mass is 384 g/mol. The fourth-order valence-corrected chi connectivity index (χ4v) is 5.09. The average molecular weight is 385 g/mol. The van der Waals surface area contributed by atoms with Crippen molar-refractivity contribution in [2.24, 2.45) is 0 Å². The Morgan fingerprint density at radius 2 is 1.59 bits per heavy atom. The van der Waals surface area contributed by atoms with Gasteiger partial charge in [-0.3, -0.25) is 0 Å². The Balaban J connectivity index is 1.53. The van der Waals surface area contributed by atoms with Crippen LogP contribution in [0.5, 0.6) is 5.75 Å². The second-order valence-electron chi connectivity index (χ2n) is 8.25. The number of benzene rings is 3. The molecule has 1 fully saturated rings. The smallest absolute Gasteiger partial charge is 0.115 e. The lowest BCUT2D eigenvalue weighted by Gasteiger charge is -2.35. The zero-order chi connectivity index (χ0) is 19.6. The summed E-state index contributed by atoms with van der Waals surface area (Å²) in [6, 6.07) is 26.1. The Morgan fingerprint density at radius 3 is 2.34 bits per heavy atom. The maximum Gasteiger partial charge on any atom is 0.115 e. The van der Waals surface area contributed by atoms with E-state index in [-0.39, 0.29) is 0 Å². The molecule has 0 bridgehead atoms. The highest BCUT2D eigenvalue weighted by atomic mass is 16.3. The molecule has 0 amide bonds. The van der Waals surface area contributed by atoms with Crippen molar-refractivity contribution in [1.82, 2.24) is 5.32 Å². The predicted octanol–water partition coefficient (Wildman–Crippen LogP) is 4.66. The van der Waals surface area contributed by atoms with Gasteiger partial charge in [0.25, 0.3) is 0 Å². The minimum absolute atomic E-state index is 0.318. The van der Waals surface area contributed by atoms with Crippen molar-refractivity contribution in [2.45, 2.75) is 24.7 Å². The number of phenols is 1. The molecule has 0 unspecified atom stereocenters. The van der Waals surface area contributed by atoms with Crippen LogP contribution in [-0.2, 0) is 6.42 Å². The molecule has 0 saturated carbocycles. The van der Waals surface area contributed by atoms with Crippen LogP contribution >= 0.6 is 0 Å². The van der Waals surface area contributed by atoms with E-state index in [2.05, 4.69) is 70.9 Å². The zero-order valence-electron chi connectivity index (χ0n) is 16.7. The van der Waals surface area contributed by atoms with E-state index in [0.717, 1.165) is 39.0 Å². The molecule has 3 nitrogen and oxygen atoms in total. The molecule has 1 heterocycles. The molecule has 0 spiro atoms. The Kier molecular flexibility index (Phi) is 4.99. The maximum absolute atomic E-state index is 10.00. The summed E-state index contributed by atoms with van der Waals surface area (Å²) < 4.78 is 0. The number of piperazine rings is 1. The van der Waals surface area contributed by atoms with Gasteiger partial charge in [0.05, 0.1) is 0 Å². The van der Waals surface area contributed by atoms with Crippen LogP contribution in [0.3, 0.4) is 0 Å². The summed E-state index contributed by atoms with van der Waals surface area (Å²) in [5.74, 6) is 1.15. The number of hydrogen-bond donors (Lipinski definition) is 2. The number of rotatable bonds is 3. The van der Waals surface area contributed by atoms with E-state index in [1.54, 1.807) is 0 Å². The summed E-state index contributed by atoms with van der Waals surface area (Å²) in [5.41, 5.74) is 6.73. The number of nitrogens with one attached hydrogen (secondary N) is 1. The topological polar surface area (TPSA) is 35.5 Å². The van der Waals surface area contributed by atoms with Crippen LogP contribution in [0.2, 0.25) is 0 Å². The van der Waals surface area contributed by atoms with Gasteiger partial charge in [0.1, 0.15) is 5.75 Å². The first-order chi connectivity index (χ1) is 14.3. The highest BCUT2D eigenvalue weighted by Crippen LogP contribution is 2.47. The number of anilines is 1. The number of aryl methyl sites for hydroxylation is 1. The van der Waals surface area contributed by atoms with Crippen molar-refractivity contribution in [1.29, 1.82) is 0 Å². The zero-order valence-corrected chi connectivity index (χ0v) is 16.7. The molecule has 2 N–H and O–H groups in total. The first-order valence-electron chi connectivity index (χ1n) is 10.7. The SMILES string of the molecule is Oc1ccc2c(c1)CC[C@@H](c1ccccc1)[C@H]2c1ccc(N2CCNCC2)cc1. The normalized spacial score (nSPS) is 21.6. The minimum Gasteiger partial charge on any atom is -0.508 e. The lowest BCUT2D eigenvalue weighted by molar-refractivity contribution is 0.469. The van der Waals surface area contributed by atoms with E-state index in [1.165, 1.54) is 27.9 Å². The average Bonchev–Trinajstić information content (AvgIpc) is 2.79. The Labute approximate surface area is 173 Å². The van der Waals surface area contributed by atoms with Crippen molar-refractivity contribution in [2.75, 3.05) is 31.1 Å². The lowest BCUT2D eigenvalue weighted by Crippen LogP contribution is -2.43. The molecule has 2 aliphatic rings. The minimum atomic E-state index is 0.318. The molecular weight excluding hydrogens is 356 g/mol. The fraction of sp³-hybridized carbons (Fsp3) is 0.308. The van der Waals surface area contributed by atoms with Crippen LogP contribution in [0.4, 0.5) is 5.69 Å². The van der Waals surface area contributed by atoms with Gasteiger partial charge >= 0.3 is 0 Å². The van der Waals surface area contributed by atoms with Gasteiger partial charge in [0, 0.05) is 37.8 Å². The molecular formula is C26H28N2O. The van der Waals surface area contributed by atoms with E-state index in [4.69, 9.17) is 0 Å². The third-order valence-corrected chi connectivity index (χ3v) is 6.55. The predicted molar refractivity (Wildman–Crippen MR) is 119 cm³/mol. The molecule has 5 rings (SSSR count).